The smallest absolute Gasteiger partial charge is 0.265 e. The Kier molecular flexibility index (Phi) is 3.81. The summed E-state index contributed by atoms with van der Waals surface area (Å²) in [5.74, 6) is 1.60. The van der Waals surface area contributed by atoms with Crippen LogP contribution in [0.4, 0.5) is 0 Å². The number of hydrogen-bond acceptors (Lipinski definition) is 4. The Morgan fingerprint density at radius 2 is 1.68 bits per heavy atom. The summed E-state index contributed by atoms with van der Waals surface area (Å²) in [5.41, 5.74) is 3.10. The molecule has 0 saturated heterocycles. The summed E-state index contributed by atoms with van der Waals surface area (Å²) < 4.78 is 7.58. The number of halogens is 1. The predicted octanol–water partition coefficient (Wildman–Crippen LogP) is 4.03. The van der Waals surface area contributed by atoms with Crippen LogP contribution in [0.3, 0.4) is 0 Å². The molecule has 0 fully saturated rings. The van der Waals surface area contributed by atoms with Crippen molar-refractivity contribution in [2.45, 2.75) is 20.8 Å². The summed E-state index contributed by atoms with van der Waals surface area (Å²) in [6.45, 7) is 6.00. The molecule has 22 heavy (non-hydrogen) atoms. The molecule has 0 spiro atoms. The lowest BCUT2D eigenvalue weighted by Crippen LogP contribution is -2.05. The van der Waals surface area contributed by atoms with Gasteiger partial charge < -0.3 is 4.74 Å². The average Bonchev–Trinajstić information content (AvgIpc) is 2.78. The molecule has 0 N–H and O–H groups in total. The zero-order valence-corrected chi connectivity index (χ0v) is 13.3. The largest absolute Gasteiger partial charge is 0.436 e. The van der Waals surface area contributed by atoms with E-state index in [1.54, 1.807) is 41.3 Å². The van der Waals surface area contributed by atoms with Crippen molar-refractivity contribution in [1.29, 1.82) is 0 Å². The molecule has 2 aromatic heterocycles. The van der Waals surface area contributed by atoms with Gasteiger partial charge in [-0.05, 0) is 50.6 Å². The van der Waals surface area contributed by atoms with E-state index >= 15 is 0 Å². The van der Waals surface area contributed by atoms with Crippen LogP contribution in [-0.2, 0) is 0 Å². The molecule has 112 valence electrons. The summed E-state index contributed by atoms with van der Waals surface area (Å²) in [7, 11) is 0. The maximum absolute atomic E-state index is 5.89. The van der Waals surface area contributed by atoms with Crippen LogP contribution < -0.4 is 4.74 Å². The average molecular weight is 315 g/mol. The Hall–Kier alpha value is -2.40. The number of aryl methyl sites for hydroxylation is 1. The molecule has 0 bridgehead atoms. The third kappa shape index (κ3) is 2.67. The van der Waals surface area contributed by atoms with Crippen LogP contribution in [0.5, 0.6) is 11.6 Å². The lowest BCUT2D eigenvalue weighted by atomic mass is 10.2. The normalized spacial score (nSPS) is 10.7. The summed E-state index contributed by atoms with van der Waals surface area (Å²) in [5, 5.41) is 5.16. The van der Waals surface area contributed by atoms with Gasteiger partial charge >= 0.3 is 0 Å². The van der Waals surface area contributed by atoms with Gasteiger partial charge in [-0.1, -0.05) is 11.6 Å². The molecule has 0 aliphatic rings. The highest BCUT2D eigenvalue weighted by atomic mass is 35.5. The van der Waals surface area contributed by atoms with Crippen LogP contribution in [0.1, 0.15) is 17.0 Å². The monoisotopic (exact) mass is 314 g/mol. The molecular formula is C16H15ClN4O. The van der Waals surface area contributed by atoms with Crippen molar-refractivity contribution in [3.63, 3.8) is 0 Å². The quantitative estimate of drug-likeness (QED) is 0.732. The number of hydrogen-bond donors (Lipinski definition) is 0. The molecule has 0 saturated carbocycles. The summed E-state index contributed by atoms with van der Waals surface area (Å²) >= 11 is 5.89. The van der Waals surface area contributed by atoms with Gasteiger partial charge in [0.2, 0.25) is 5.82 Å². The van der Waals surface area contributed by atoms with Crippen molar-refractivity contribution in [1.82, 2.24) is 19.7 Å². The van der Waals surface area contributed by atoms with Gasteiger partial charge in [0.15, 0.2) is 0 Å². The van der Waals surface area contributed by atoms with E-state index in [1.165, 1.54) is 0 Å². The third-order valence-electron chi connectivity index (χ3n) is 3.53. The Labute approximate surface area is 133 Å². The maximum Gasteiger partial charge on any atom is 0.265 e. The second kappa shape index (κ2) is 5.77. The number of rotatable bonds is 3. The van der Waals surface area contributed by atoms with E-state index in [2.05, 4.69) is 15.1 Å². The van der Waals surface area contributed by atoms with E-state index in [1.807, 2.05) is 20.8 Å². The van der Waals surface area contributed by atoms with E-state index in [4.69, 9.17) is 16.3 Å². The fourth-order valence-corrected chi connectivity index (χ4v) is 2.20. The van der Waals surface area contributed by atoms with Crippen molar-refractivity contribution < 1.29 is 4.74 Å². The molecule has 0 unspecified atom stereocenters. The van der Waals surface area contributed by atoms with Crippen molar-refractivity contribution in [3.8, 4) is 17.4 Å². The molecule has 0 amide bonds. The molecule has 0 atom stereocenters. The minimum atomic E-state index is 0.399. The first-order valence-electron chi connectivity index (χ1n) is 6.84. The number of aromatic nitrogens is 4. The Balaban J connectivity index is 2.03. The molecular weight excluding hydrogens is 300 g/mol. The van der Waals surface area contributed by atoms with Gasteiger partial charge in [0, 0.05) is 23.1 Å². The Morgan fingerprint density at radius 3 is 2.32 bits per heavy atom. The Bertz CT molecular complexity index is 812. The number of nitrogens with zero attached hydrogens (tertiary/aromatic N) is 4. The van der Waals surface area contributed by atoms with Gasteiger partial charge in [0.25, 0.3) is 5.88 Å². The van der Waals surface area contributed by atoms with Crippen LogP contribution >= 0.6 is 11.6 Å². The topological polar surface area (TPSA) is 52.8 Å². The first-order chi connectivity index (χ1) is 10.6. The van der Waals surface area contributed by atoms with E-state index in [0.717, 1.165) is 17.0 Å². The summed E-state index contributed by atoms with van der Waals surface area (Å²) in [6.07, 6.45) is 3.21. The van der Waals surface area contributed by atoms with Gasteiger partial charge in [-0.25, -0.2) is 14.6 Å². The molecule has 6 heteroatoms. The molecule has 0 aliphatic heterocycles. The van der Waals surface area contributed by atoms with Crippen LogP contribution in [0.15, 0.2) is 36.7 Å². The van der Waals surface area contributed by atoms with Gasteiger partial charge in [-0.2, -0.15) is 5.10 Å². The van der Waals surface area contributed by atoms with Crippen molar-refractivity contribution in [3.05, 3.63) is 58.6 Å². The second-order valence-corrected chi connectivity index (χ2v) is 5.39. The van der Waals surface area contributed by atoms with Crippen LogP contribution in [-0.4, -0.2) is 19.7 Å². The van der Waals surface area contributed by atoms with Gasteiger partial charge in [0.1, 0.15) is 5.75 Å². The minimum absolute atomic E-state index is 0.399. The molecule has 2 heterocycles. The van der Waals surface area contributed by atoms with Gasteiger partial charge in [-0.3, -0.25) is 0 Å². The van der Waals surface area contributed by atoms with Crippen molar-refractivity contribution in [2.75, 3.05) is 0 Å². The minimum Gasteiger partial charge on any atom is -0.436 e. The van der Waals surface area contributed by atoms with Crippen molar-refractivity contribution >= 4 is 11.6 Å². The van der Waals surface area contributed by atoms with Crippen LogP contribution in [0.25, 0.3) is 5.82 Å². The lowest BCUT2D eigenvalue weighted by molar-refractivity contribution is 0.454. The molecule has 1 aromatic carbocycles. The molecule has 3 aromatic rings. The molecule has 0 aliphatic carbocycles. The second-order valence-electron chi connectivity index (χ2n) is 4.95. The maximum atomic E-state index is 5.89. The first kappa shape index (κ1) is 14.5. The first-order valence-corrected chi connectivity index (χ1v) is 7.21. The number of benzene rings is 1. The standard InChI is InChI=1S/C16H15ClN4O/c1-10-11(2)20-21(12(10)3)15-16(19-9-8-18-15)22-14-6-4-13(17)5-7-14/h4-9H,1-3H3. The van der Waals surface area contributed by atoms with E-state index in [0.29, 0.717) is 22.5 Å². The fourth-order valence-electron chi connectivity index (χ4n) is 2.08. The molecule has 3 rings (SSSR count). The van der Waals surface area contributed by atoms with Crippen LogP contribution in [0, 0.1) is 20.8 Å². The highest BCUT2D eigenvalue weighted by Gasteiger charge is 2.16. The highest BCUT2D eigenvalue weighted by Crippen LogP contribution is 2.26. The number of ether oxygens (including phenoxy) is 1. The third-order valence-corrected chi connectivity index (χ3v) is 3.78. The zero-order chi connectivity index (χ0) is 15.7. The van der Waals surface area contributed by atoms with Crippen molar-refractivity contribution in [2.24, 2.45) is 0 Å². The predicted molar refractivity (Wildman–Crippen MR) is 84.9 cm³/mol. The van der Waals surface area contributed by atoms with E-state index < -0.39 is 0 Å². The zero-order valence-electron chi connectivity index (χ0n) is 12.5. The van der Waals surface area contributed by atoms with Crippen LogP contribution in [0.2, 0.25) is 5.02 Å². The fraction of sp³-hybridized carbons (Fsp3) is 0.188. The van der Waals surface area contributed by atoms with Gasteiger partial charge in [0.05, 0.1) is 5.69 Å². The highest BCUT2D eigenvalue weighted by molar-refractivity contribution is 6.30. The summed E-state index contributed by atoms with van der Waals surface area (Å²) in [4.78, 5) is 8.64. The van der Waals surface area contributed by atoms with E-state index in [9.17, 15) is 0 Å². The SMILES string of the molecule is Cc1nn(-c2nccnc2Oc2ccc(Cl)cc2)c(C)c1C. The summed E-state index contributed by atoms with van der Waals surface area (Å²) in [6, 6.07) is 7.10. The van der Waals surface area contributed by atoms with E-state index in [-0.39, 0.29) is 0 Å². The molecule has 5 nitrogen and oxygen atoms in total. The lowest BCUT2D eigenvalue weighted by Gasteiger charge is -2.10. The molecule has 0 radical (unpaired) electrons. The Morgan fingerprint density at radius 1 is 1.00 bits per heavy atom. The van der Waals surface area contributed by atoms with Gasteiger partial charge in [-0.15, -0.1) is 0 Å².